The predicted molar refractivity (Wildman–Crippen MR) is 91.0 cm³/mol. The second-order valence-corrected chi connectivity index (χ2v) is 5.67. The lowest BCUT2D eigenvalue weighted by atomic mass is 10.0. The van der Waals surface area contributed by atoms with Gasteiger partial charge in [-0.3, -0.25) is 19.7 Å². The van der Waals surface area contributed by atoms with E-state index in [0.717, 1.165) is 11.3 Å². The van der Waals surface area contributed by atoms with Gasteiger partial charge < -0.3 is 19.2 Å². The lowest BCUT2D eigenvalue weighted by Crippen LogP contribution is -2.34. The van der Waals surface area contributed by atoms with Gasteiger partial charge in [0.25, 0.3) is 11.8 Å². The molecule has 0 atom stereocenters. The van der Waals surface area contributed by atoms with Crippen LogP contribution in [0.1, 0.15) is 22.5 Å². The molecule has 3 amide bonds. The molecule has 0 aliphatic carbocycles. The molecule has 0 fully saturated rings. The minimum atomic E-state index is -0.783. The van der Waals surface area contributed by atoms with E-state index in [-0.39, 0.29) is 11.7 Å². The number of esters is 1. The average molecular weight is 372 g/mol. The number of nitrogens with one attached hydrogen (secondary N) is 2. The van der Waals surface area contributed by atoms with Crippen molar-refractivity contribution in [3.63, 3.8) is 0 Å². The summed E-state index contributed by atoms with van der Waals surface area (Å²) < 4.78 is 14.9. The molecule has 9 nitrogen and oxygen atoms in total. The van der Waals surface area contributed by atoms with Gasteiger partial charge in [0.2, 0.25) is 5.91 Å². The highest BCUT2D eigenvalue weighted by molar-refractivity contribution is 6.03. The number of carbonyl (C=O) groups is 4. The number of hydrogen-bond acceptors (Lipinski definition) is 7. The van der Waals surface area contributed by atoms with Gasteiger partial charge in [0.1, 0.15) is 5.75 Å². The summed E-state index contributed by atoms with van der Waals surface area (Å²) in [6.07, 6.45) is 2.28. The highest BCUT2D eigenvalue weighted by Gasteiger charge is 2.17. The molecule has 1 aromatic carbocycles. The Balaban J connectivity index is 1.41. The summed E-state index contributed by atoms with van der Waals surface area (Å²) in [4.78, 5) is 46.2. The fourth-order valence-corrected chi connectivity index (χ4v) is 2.41. The van der Waals surface area contributed by atoms with Crippen LogP contribution in [0.2, 0.25) is 0 Å². The average Bonchev–Trinajstić information content (AvgIpc) is 3.19. The van der Waals surface area contributed by atoms with Crippen LogP contribution >= 0.6 is 0 Å². The Morgan fingerprint density at radius 3 is 2.78 bits per heavy atom. The van der Waals surface area contributed by atoms with Gasteiger partial charge in [-0.15, -0.1) is 0 Å². The summed E-state index contributed by atoms with van der Waals surface area (Å²) >= 11 is 0. The second kappa shape index (κ2) is 8.17. The van der Waals surface area contributed by atoms with Crippen LogP contribution in [0.25, 0.3) is 0 Å². The zero-order valence-electron chi connectivity index (χ0n) is 14.2. The minimum Gasteiger partial charge on any atom is -0.482 e. The van der Waals surface area contributed by atoms with Gasteiger partial charge in [-0.1, -0.05) is 0 Å². The fraction of sp³-hybridized carbons (Fsp3) is 0.222. The first-order valence-electron chi connectivity index (χ1n) is 8.10. The largest absolute Gasteiger partial charge is 0.482 e. The normalized spacial score (nSPS) is 12.5. The molecule has 0 radical (unpaired) electrons. The number of aryl methyl sites for hydroxylation is 1. The van der Waals surface area contributed by atoms with E-state index >= 15 is 0 Å². The zero-order valence-corrected chi connectivity index (χ0v) is 14.2. The molecule has 27 heavy (non-hydrogen) atoms. The molecule has 0 saturated carbocycles. The lowest BCUT2D eigenvalue weighted by molar-refractivity contribution is -0.150. The Morgan fingerprint density at radius 2 is 2.00 bits per heavy atom. The number of furan rings is 1. The van der Waals surface area contributed by atoms with Crippen molar-refractivity contribution in [1.82, 2.24) is 5.32 Å². The van der Waals surface area contributed by atoms with Crippen LogP contribution in [-0.4, -0.2) is 36.9 Å². The Kier molecular flexibility index (Phi) is 5.50. The molecule has 0 saturated heterocycles. The van der Waals surface area contributed by atoms with Crippen molar-refractivity contribution in [2.45, 2.75) is 12.8 Å². The number of carbonyl (C=O) groups excluding carboxylic acids is 4. The fourth-order valence-electron chi connectivity index (χ4n) is 2.41. The molecule has 1 aliphatic rings. The van der Waals surface area contributed by atoms with Gasteiger partial charge in [0.05, 0.1) is 6.26 Å². The Labute approximate surface area is 153 Å². The van der Waals surface area contributed by atoms with Gasteiger partial charge in [-0.2, -0.15) is 0 Å². The van der Waals surface area contributed by atoms with E-state index < -0.39 is 31.0 Å². The molecule has 2 heterocycles. The molecule has 140 valence electrons. The first kappa shape index (κ1) is 18.2. The third kappa shape index (κ3) is 4.94. The topological polar surface area (TPSA) is 124 Å². The highest BCUT2D eigenvalue weighted by atomic mass is 16.6. The van der Waals surface area contributed by atoms with E-state index in [1.54, 1.807) is 18.2 Å². The number of anilines is 1. The zero-order chi connectivity index (χ0) is 19.2. The van der Waals surface area contributed by atoms with Gasteiger partial charge >= 0.3 is 5.97 Å². The van der Waals surface area contributed by atoms with Gasteiger partial charge in [0, 0.05) is 12.1 Å². The summed E-state index contributed by atoms with van der Waals surface area (Å²) in [6, 6.07) is 7.95. The maximum Gasteiger partial charge on any atom is 0.344 e. The number of ether oxygens (including phenoxy) is 2. The molecule has 0 bridgehead atoms. The molecule has 2 N–H and O–H groups in total. The van der Waals surface area contributed by atoms with Crippen molar-refractivity contribution in [2.75, 3.05) is 18.5 Å². The van der Waals surface area contributed by atoms with Crippen LogP contribution in [0.4, 0.5) is 5.69 Å². The van der Waals surface area contributed by atoms with Crippen LogP contribution < -0.4 is 15.4 Å². The molecule has 9 heteroatoms. The van der Waals surface area contributed by atoms with E-state index in [2.05, 4.69) is 5.32 Å². The third-order valence-electron chi connectivity index (χ3n) is 3.69. The standard InChI is InChI=1S/C18H16N2O7/c21-15-6-3-11-8-12(4-5-13(11)19-15)26-10-17(23)27-9-16(22)20-18(24)14-2-1-7-25-14/h1-2,4-5,7-8H,3,6,9-10H2,(H,19,21)(H,20,22,24). The van der Waals surface area contributed by atoms with Crippen molar-refractivity contribution in [1.29, 1.82) is 0 Å². The van der Waals surface area contributed by atoms with Gasteiger partial charge in [-0.25, -0.2) is 4.79 Å². The van der Waals surface area contributed by atoms with Crippen LogP contribution in [-0.2, 0) is 25.5 Å². The number of fused-ring (bicyclic) bond motifs is 1. The third-order valence-corrected chi connectivity index (χ3v) is 3.69. The number of imide groups is 1. The number of amides is 3. The van der Waals surface area contributed by atoms with E-state index in [1.807, 2.05) is 5.32 Å². The molecule has 1 aromatic heterocycles. The number of rotatable bonds is 6. The van der Waals surface area contributed by atoms with Gasteiger partial charge in [0.15, 0.2) is 19.0 Å². The van der Waals surface area contributed by atoms with E-state index in [4.69, 9.17) is 13.9 Å². The Hall–Kier alpha value is -3.62. The van der Waals surface area contributed by atoms with Crippen molar-refractivity contribution < 1.29 is 33.1 Å². The lowest BCUT2D eigenvalue weighted by Gasteiger charge is -2.17. The SMILES string of the molecule is O=C(COC(=O)COc1ccc2c(c1)CCC(=O)N2)NC(=O)c1ccco1. The maximum atomic E-state index is 11.7. The summed E-state index contributed by atoms with van der Waals surface area (Å²) in [5, 5.41) is 4.77. The van der Waals surface area contributed by atoms with E-state index in [9.17, 15) is 19.2 Å². The second-order valence-electron chi connectivity index (χ2n) is 5.67. The van der Waals surface area contributed by atoms with Crippen molar-refractivity contribution in [3.8, 4) is 5.75 Å². The molecule has 2 aromatic rings. The molecule has 0 spiro atoms. The molecular weight excluding hydrogens is 356 g/mol. The van der Waals surface area contributed by atoms with E-state index in [1.165, 1.54) is 18.4 Å². The van der Waals surface area contributed by atoms with Crippen molar-refractivity contribution in [2.24, 2.45) is 0 Å². The van der Waals surface area contributed by atoms with Crippen molar-refractivity contribution in [3.05, 3.63) is 47.9 Å². The summed E-state index contributed by atoms with van der Waals surface area (Å²) in [5.74, 6) is -1.89. The quantitative estimate of drug-likeness (QED) is 0.726. The van der Waals surface area contributed by atoms with Crippen LogP contribution in [0.15, 0.2) is 41.0 Å². The number of hydrogen-bond donors (Lipinski definition) is 2. The van der Waals surface area contributed by atoms with Crippen molar-refractivity contribution >= 4 is 29.4 Å². The Morgan fingerprint density at radius 1 is 1.15 bits per heavy atom. The van der Waals surface area contributed by atoms with Crippen LogP contribution in [0.3, 0.4) is 0 Å². The van der Waals surface area contributed by atoms with Crippen LogP contribution in [0, 0.1) is 0 Å². The molecule has 1 aliphatic heterocycles. The molecule has 3 rings (SSSR count). The summed E-state index contributed by atoms with van der Waals surface area (Å²) in [6.45, 7) is -1.02. The minimum absolute atomic E-state index is 0.0263. The predicted octanol–water partition coefficient (Wildman–Crippen LogP) is 1.04. The monoisotopic (exact) mass is 372 g/mol. The maximum absolute atomic E-state index is 11.7. The summed E-state index contributed by atoms with van der Waals surface area (Å²) in [5.41, 5.74) is 1.63. The Bertz CT molecular complexity index is 874. The van der Waals surface area contributed by atoms with E-state index in [0.29, 0.717) is 18.6 Å². The molecular formula is C18H16N2O7. The number of benzene rings is 1. The first-order valence-corrected chi connectivity index (χ1v) is 8.10. The molecule has 0 unspecified atom stereocenters. The van der Waals surface area contributed by atoms with Gasteiger partial charge in [-0.05, 0) is 42.3 Å². The van der Waals surface area contributed by atoms with Crippen LogP contribution in [0.5, 0.6) is 5.75 Å². The summed E-state index contributed by atoms with van der Waals surface area (Å²) in [7, 11) is 0. The smallest absolute Gasteiger partial charge is 0.344 e. The first-order chi connectivity index (χ1) is 13.0. The highest BCUT2D eigenvalue weighted by Crippen LogP contribution is 2.26.